The molecule has 1 unspecified atom stereocenters. The molecule has 1 atom stereocenters. The van der Waals surface area contributed by atoms with Crippen LogP contribution in [0.2, 0.25) is 0 Å². The average molecular weight is 260 g/mol. The molecule has 0 saturated carbocycles. The zero-order valence-corrected chi connectivity index (χ0v) is 11.6. The second kappa shape index (κ2) is 5.84. The molecule has 1 amide bonds. The van der Waals surface area contributed by atoms with Crippen LogP contribution in [0, 0.1) is 5.92 Å². The lowest BCUT2D eigenvalue weighted by molar-refractivity contribution is -0.124. The molecule has 0 radical (unpaired) electrons. The second-order valence-corrected chi connectivity index (χ2v) is 4.75. The Hall–Kier alpha value is -1.88. The Bertz CT molecular complexity index is 576. The molecule has 0 aliphatic rings. The van der Waals surface area contributed by atoms with Crippen molar-refractivity contribution >= 4 is 16.9 Å². The van der Waals surface area contributed by atoms with E-state index in [4.69, 9.17) is 0 Å². The molecular formula is C14H20N4O. The Kier molecular flexibility index (Phi) is 4.16. The first kappa shape index (κ1) is 13.5. The highest BCUT2D eigenvalue weighted by atomic mass is 16.1. The van der Waals surface area contributed by atoms with Crippen molar-refractivity contribution in [3.05, 3.63) is 30.1 Å². The molecule has 2 aromatic rings. The van der Waals surface area contributed by atoms with E-state index in [1.807, 2.05) is 49.9 Å². The third-order valence-corrected chi connectivity index (χ3v) is 3.26. The van der Waals surface area contributed by atoms with Crippen molar-refractivity contribution < 1.29 is 4.79 Å². The van der Waals surface area contributed by atoms with Gasteiger partial charge in [0, 0.05) is 19.5 Å². The Labute approximate surface area is 113 Å². The summed E-state index contributed by atoms with van der Waals surface area (Å²) in [6.07, 6.45) is 0. The molecule has 19 heavy (non-hydrogen) atoms. The number of carbonyl (C=O) groups is 1. The molecule has 5 nitrogen and oxygen atoms in total. The van der Waals surface area contributed by atoms with E-state index in [9.17, 15) is 4.79 Å². The Morgan fingerprint density at radius 3 is 2.84 bits per heavy atom. The lowest BCUT2D eigenvalue weighted by Crippen LogP contribution is -2.34. The van der Waals surface area contributed by atoms with Crippen LogP contribution in [0.5, 0.6) is 0 Å². The van der Waals surface area contributed by atoms with Crippen LogP contribution in [0.25, 0.3) is 11.0 Å². The fourth-order valence-electron chi connectivity index (χ4n) is 2.09. The number of benzene rings is 1. The van der Waals surface area contributed by atoms with Gasteiger partial charge in [0.2, 0.25) is 5.91 Å². The van der Waals surface area contributed by atoms with Gasteiger partial charge in [0.25, 0.3) is 0 Å². The number of hydrogen-bond acceptors (Lipinski definition) is 3. The quantitative estimate of drug-likeness (QED) is 0.844. The molecule has 0 bridgehead atoms. The summed E-state index contributed by atoms with van der Waals surface area (Å²) in [6, 6.07) is 7.95. The van der Waals surface area contributed by atoms with Crippen molar-refractivity contribution in [3.8, 4) is 0 Å². The number of carbonyl (C=O) groups excluding carboxylic acids is 1. The second-order valence-electron chi connectivity index (χ2n) is 4.75. The molecule has 0 spiro atoms. The normalized spacial score (nSPS) is 12.6. The zero-order chi connectivity index (χ0) is 13.8. The molecule has 0 saturated heterocycles. The first-order chi connectivity index (χ1) is 9.13. The summed E-state index contributed by atoms with van der Waals surface area (Å²) in [6.45, 7) is 3.03. The van der Waals surface area contributed by atoms with Crippen LogP contribution in [-0.4, -0.2) is 29.1 Å². The fraction of sp³-hybridized carbons (Fsp3) is 0.429. The average Bonchev–Trinajstić information content (AvgIpc) is 2.73. The molecule has 102 valence electrons. The van der Waals surface area contributed by atoms with Crippen LogP contribution in [0.15, 0.2) is 24.3 Å². The van der Waals surface area contributed by atoms with E-state index in [-0.39, 0.29) is 11.8 Å². The smallest absolute Gasteiger partial charge is 0.224 e. The maximum atomic E-state index is 11.8. The number of aromatic nitrogens is 2. The highest BCUT2D eigenvalue weighted by Gasteiger charge is 2.13. The molecule has 2 N–H and O–H groups in total. The summed E-state index contributed by atoms with van der Waals surface area (Å²) < 4.78 is 2.01. The van der Waals surface area contributed by atoms with E-state index >= 15 is 0 Å². The van der Waals surface area contributed by atoms with Crippen molar-refractivity contribution in [2.75, 3.05) is 13.6 Å². The maximum Gasteiger partial charge on any atom is 0.224 e. The lowest BCUT2D eigenvalue weighted by Gasteiger charge is -2.11. The highest BCUT2D eigenvalue weighted by Crippen LogP contribution is 2.13. The van der Waals surface area contributed by atoms with Gasteiger partial charge in [0.15, 0.2) is 0 Å². The summed E-state index contributed by atoms with van der Waals surface area (Å²) >= 11 is 0. The standard InChI is InChI=1S/C14H20N4O/c1-10(8-15-2)14(19)16-9-13-17-11-6-4-5-7-12(11)18(13)3/h4-7,10,15H,8-9H2,1-3H3,(H,16,19). The zero-order valence-electron chi connectivity index (χ0n) is 11.6. The number of amides is 1. The number of rotatable bonds is 5. The summed E-state index contributed by atoms with van der Waals surface area (Å²) in [5, 5.41) is 5.92. The predicted molar refractivity (Wildman–Crippen MR) is 75.7 cm³/mol. The van der Waals surface area contributed by atoms with Gasteiger partial charge in [-0.3, -0.25) is 4.79 Å². The van der Waals surface area contributed by atoms with Gasteiger partial charge in [-0.2, -0.15) is 0 Å². The van der Waals surface area contributed by atoms with Crippen molar-refractivity contribution in [2.45, 2.75) is 13.5 Å². The van der Waals surface area contributed by atoms with E-state index in [0.29, 0.717) is 13.1 Å². The molecule has 5 heteroatoms. The van der Waals surface area contributed by atoms with Crippen molar-refractivity contribution in [3.63, 3.8) is 0 Å². The Morgan fingerprint density at radius 1 is 1.42 bits per heavy atom. The van der Waals surface area contributed by atoms with Crippen LogP contribution in [-0.2, 0) is 18.4 Å². The molecule has 0 aliphatic carbocycles. The predicted octanol–water partition coefficient (Wildman–Crippen LogP) is 1.04. The number of hydrogen-bond donors (Lipinski definition) is 2. The largest absolute Gasteiger partial charge is 0.349 e. The minimum atomic E-state index is -0.0420. The molecule has 1 aromatic heterocycles. The summed E-state index contributed by atoms with van der Waals surface area (Å²) in [5.41, 5.74) is 2.03. The van der Waals surface area contributed by atoms with E-state index in [0.717, 1.165) is 16.9 Å². The van der Waals surface area contributed by atoms with Crippen molar-refractivity contribution in [1.29, 1.82) is 0 Å². The highest BCUT2D eigenvalue weighted by molar-refractivity contribution is 5.79. The first-order valence-electron chi connectivity index (χ1n) is 6.46. The van der Waals surface area contributed by atoms with Gasteiger partial charge in [-0.25, -0.2) is 4.98 Å². The number of fused-ring (bicyclic) bond motifs is 1. The Morgan fingerprint density at radius 2 is 2.16 bits per heavy atom. The minimum Gasteiger partial charge on any atom is -0.349 e. The number of para-hydroxylation sites is 2. The monoisotopic (exact) mass is 260 g/mol. The van der Waals surface area contributed by atoms with Gasteiger partial charge in [0.1, 0.15) is 5.82 Å². The van der Waals surface area contributed by atoms with E-state index < -0.39 is 0 Å². The van der Waals surface area contributed by atoms with Crippen LogP contribution in [0.3, 0.4) is 0 Å². The van der Waals surface area contributed by atoms with E-state index in [1.54, 1.807) is 0 Å². The molecule has 0 fully saturated rings. The fourth-order valence-corrected chi connectivity index (χ4v) is 2.09. The molecular weight excluding hydrogens is 240 g/mol. The third-order valence-electron chi connectivity index (χ3n) is 3.26. The van der Waals surface area contributed by atoms with Crippen LogP contribution < -0.4 is 10.6 Å². The number of nitrogens with zero attached hydrogens (tertiary/aromatic N) is 2. The SMILES string of the molecule is CNCC(C)C(=O)NCc1nc2ccccc2n1C. The molecule has 2 rings (SSSR count). The summed E-state index contributed by atoms with van der Waals surface area (Å²) in [7, 11) is 3.81. The van der Waals surface area contributed by atoms with Gasteiger partial charge in [-0.05, 0) is 19.2 Å². The van der Waals surface area contributed by atoms with Crippen molar-refractivity contribution in [1.82, 2.24) is 20.2 Å². The summed E-state index contributed by atoms with van der Waals surface area (Å²) in [4.78, 5) is 16.4. The van der Waals surface area contributed by atoms with Gasteiger partial charge < -0.3 is 15.2 Å². The molecule has 1 heterocycles. The van der Waals surface area contributed by atoms with Crippen LogP contribution >= 0.6 is 0 Å². The van der Waals surface area contributed by atoms with Crippen molar-refractivity contribution in [2.24, 2.45) is 13.0 Å². The van der Waals surface area contributed by atoms with E-state index in [1.165, 1.54) is 0 Å². The molecule has 0 aliphatic heterocycles. The summed E-state index contributed by atoms with van der Waals surface area (Å²) in [5.74, 6) is 0.868. The van der Waals surface area contributed by atoms with Gasteiger partial charge in [-0.1, -0.05) is 19.1 Å². The molecule has 1 aromatic carbocycles. The van der Waals surface area contributed by atoms with Gasteiger partial charge >= 0.3 is 0 Å². The topological polar surface area (TPSA) is 59.0 Å². The first-order valence-corrected chi connectivity index (χ1v) is 6.46. The van der Waals surface area contributed by atoms with Gasteiger partial charge in [0.05, 0.1) is 17.6 Å². The van der Waals surface area contributed by atoms with Crippen LogP contribution in [0.1, 0.15) is 12.7 Å². The minimum absolute atomic E-state index is 0.0420. The number of nitrogens with one attached hydrogen (secondary N) is 2. The maximum absolute atomic E-state index is 11.8. The van der Waals surface area contributed by atoms with Gasteiger partial charge in [-0.15, -0.1) is 0 Å². The lowest BCUT2D eigenvalue weighted by atomic mass is 10.1. The number of aryl methyl sites for hydroxylation is 1. The number of imidazole rings is 1. The third kappa shape index (κ3) is 2.93. The Balaban J connectivity index is 2.06. The van der Waals surface area contributed by atoms with Crippen LogP contribution in [0.4, 0.5) is 0 Å². The van der Waals surface area contributed by atoms with E-state index in [2.05, 4.69) is 15.6 Å².